The maximum absolute atomic E-state index is 13.0. The van der Waals surface area contributed by atoms with Gasteiger partial charge in [0, 0.05) is 12.2 Å². The number of nitrogens with zero attached hydrogens (tertiary/aromatic N) is 3. The Bertz CT molecular complexity index is 1010. The molecule has 9 heteroatoms. The fraction of sp³-hybridized carbons (Fsp3) is 0.238. The number of halogens is 2. The Morgan fingerprint density at radius 2 is 1.67 bits per heavy atom. The maximum atomic E-state index is 13.0. The second-order valence-corrected chi connectivity index (χ2v) is 7.20. The van der Waals surface area contributed by atoms with E-state index in [4.69, 9.17) is 33.2 Å². The highest BCUT2D eigenvalue weighted by Crippen LogP contribution is 2.31. The van der Waals surface area contributed by atoms with Crippen LogP contribution in [-0.2, 0) is 4.79 Å². The van der Waals surface area contributed by atoms with Crippen molar-refractivity contribution in [1.82, 2.24) is 4.90 Å². The van der Waals surface area contributed by atoms with E-state index < -0.39 is 24.3 Å². The molecule has 0 bridgehead atoms. The summed E-state index contributed by atoms with van der Waals surface area (Å²) in [5.41, 5.74) is 0.736. The Kier molecular flexibility index (Phi) is 6.60. The van der Waals surface area contributed by atoms with Gasteiger partial charge in [0.1, 0.15) is 12.3 Å². The summed E-state index contributed by atoms with van der Waals surface area (Å²) in [5.74, 6) is -1.09. The molecule has 30 heavy (non-hydrogen) atoms. The summed E-state index contributed by atoms with van der Waals surface area (Å²) in [6, 6.07) is 11.4. The first-order chi connectivity index (χ1) is 14.4. The third-order valence-electron chi connectivity index (χ3n) is 4.51. The van der Waals surface area contributed by atoms with Gasteiger partial charge in [-0.1, -0.05) is 23.2 Å². The van der Waals surface area contributed by atoms with E-state index >= 15 is 0 Å². The molecule has 0 saturated heterocycles. The van der Waals surface area contributed by atoms with Gasteiger partial charge in [-0.3, -0.25) is 19.3 Å². The number of amides is 3. The van der Waals surface area contributed by atoms with Crippen molar-refractivity contribution in [3.05, 3.63) is 57.6 Å². The van der Waals surface area contributed by atoms with Crippen molar-refractivity contribution in [2.24, 2.45) is 0 Å². The summed E-state index contributed by atoms with van der Waals surface area (Å²) < 4.78 is 5.40. The van der Waals surface area contributed by atoms with Gasteiger partial charge in [-0.15, -0.1) is 0 Å². The molecule has 0 spiro atoms. The van der Waals surface area contributed by atoms with Crippen LogP contribution < -0.4 is 9.64 Å². The normalized spacial score (nSPS) is 12.5. The quantitative estimate of drug-likeness (QED) is 0.601. The number of carbonyl (C=O) groups excluding carboxylic acids is 3. The van der Waals surface area contributed by atoms with Crippen LogP contribution in [-0.4, -0.2) is 42.3 Å². The van der Waals surface area contributed by atoms with Gasteiger partial charge in [-0.05, 0) is 43.3 Å². The van der Waals surface area contributed by atoms with E-state index in [-0.39, 0.29) is 34.1 Å². The molecule has 0 aromatic heterocycles. The van der Waals surface area contributed by atoms with Crippen molar-refractivity contribution in [2.45, 2.75) is 13.3 Å². The number of ether oxygens (including phenoxy) is 1. The molecular formula is C21H17Cl2N3O4. The Morgan fingerprint density at radius 1 is 1.10 bits per heavy atom. The highest BCUT2D eigenvalue weighted by molar-refractivity contribution is 6.43. The molecule has 154 valence electrons. The van der Waals surface area contributed by atoms with E-state index in [9.17, 15) is 14.4 Å². The van der Waals surface area contributed by atoms with Gasteiger partial charge < -0.3 is 9.64 Å². The van der Waals surface area contributed by atoms with E-state index in [0.717, 1.165) is 4.90 Å². The van der Waals surface area contributed by atoms with Crippen LogP contribution in [0.3, 0.4) is 0 Å². The summed E-state index contributed by atoms with van der Waals surface area (Å²) in [7, 11) is 0. The molecule has 1 aliphatic rings. The zero-order valence-corrected chi connectivity index (χ0v) is 17.5. The summed E-state index contributed by atoms with van der Waals surface area (Å²) in [6.07, 6.45) is 0.0896. The monoisotopic (exact) mass is 445 g/mol. The topological polar surface area (TPSA) is 90.7 Å². The molecule has 0 atom stereocenters. The first-order valence-corrected chi connectivity index (χ1v) is 9.88. The Morgan fingerprint density at radius 3 is 2.17 bits per heavy atom. The lowest BCUT2D eigenvalue weighted by Crippen LogP contribution is -2.43. The number of hydrogen-bond acceptors (Lipinski definition) is 5. The van der Waals surface area contributed by atoms with Crippen LogP contribution in [0.4, 0.5) is 5.69 Å². The molecule has 0 fully saturated rings. The molecule has 0 unspecified atom stereocenters. The van der Waals surface area contributed by atoms with E-state index in [1.807, 2.05) is 13.0 Å². The summed E-state index contributed by atoms with van der Waals surface area (Å²) in [6.45, 7) is 2.01. The highest BCUT2D eigenvalue weighted by atomic mass is 35.5. The van der Waals surface area contributed by atoms with E-state index in [0.29, 0.717) is 18.0 Å². The van der Waals surface area contributed by atoms with Crippen LogP contribution in [0.2, 0.25) is 10.0 Å². The van der Waals surface area contributed by atoms with Crippen molar-refractivity contribution < 1.29 is 19.1 Å². The van der Waals surface area contributed by atoms with Crippen LogP contribution in [0, 0.1) is 11.3 Å². The molecule has 1 heterocycles. The summed E-state index contributed by atoms with van der Waals surface area (Å²) >= 11 is 11.9. The van der Waals surface area contributed by atoms with Crippen LogP contribution in [0.15, 0.2) is 36.4 Å². The molecule has 0 aliphatic carbocycles. The molecule has 3 rings (SSSR count). The number of fused-ring (bicyclic) bond motifs is 1. The lowest BCUT2D eigenvalue weighted by atomic mass is 10.1. The van der Waals surface area contributed by atoms with Gasteiger partial charge in [0.25, 0.3) is 11.8 Å². The minimum atomic E-state index is -0.617. The predicted octanol–water partition coefficient (Wildman–Crippen LogP) is 3.93. The lowest BCUT2D eigenvalue weighted by molar-refractivity contribution is -0.118. The van der Waals surface area contributed by atoms with Crippen molar-refractivity contribution in [2.75, 3.05) is 24.6 Å². The zero-order valence-electron chi connectivity index (χ0n) is 16.0. The van der Waals surface area contributed by atoms with Gasteiger partial charge >= 0.3 is 0 Å². The molecule has 1 aliphatic heterocycles. The number of carbonyl (C=O) groups is 3. The molecule has 3 amide bonds. The Balaban J connectivity index is 1.83. The number of anilines is 1. The molecule has 2 aromatic carbocycles. The number of imide groups is 1. The molecule has 7 nitrogen and oxygen atoms in total. The minimum Gasteiger partial charge on any atom is -0.494 e. The fourth-order valence-corrected chi connectivity index (χ4v) is 3.42. The van der Waals surface area contributed by atoms with Crippen molar-refractivity contribution >= 4 is 46.6 Å². The Labute approximate surface area is 183 Å². The first-order valence-electron chi connectivity index (χ1n) is 9.12. The summed E-state index contributed by atoms with van der Waals surface area (Å²) in [4.78, 5) is 40.5. The second kappa shape index (κ2) is 9.16. The highest BCUT2D eigenvalue weighted by Gasteiger charge is 2.38. The van der Waals surface area contributed by atoms with Crippen LogP contribution in [0.5, 0.6) is 5.75 Å². The molecule has 0 N–H and O–H groups in total. The lowest BCUT2D eigenvalue weighted by Gasteiger charge is -2.24. The Hall–Kier alpha value is -3.08. The standard InChI is InChI=1S/C21H17Cl2N3O4/c1-2-30-14-6-4-13(5-7-14)25(9-3-8-24)19(27)12-26-20(28)15-10-17(22)18(23)11-16(15)21(26)29/h4-7,10-11H,2-3,9,12H2,1H3. The average Bonchev–Trinajstić information content (AvgIpc) is 2.94. The molecule has 2 aromatic rings. The van der Waals surface area contributed by atoms with Crippen molar-refractivity contribution in [3.63, 3.8) is 0 Å². The fourth-order valence-electron chi connectivity index (χ4n) is 3.10. The third-order valence-corrected chi connectivity index (χ3v) is 5.23. The number of nitriles is 1. The van der Waals surface area contributed by atoms with Crippen molar-refractivity contribution in [1.29, 1.82) is 5.26 Å². The number of benzene rings is 2. The van der Waals surface area contributed by atoms with Gasteiger partial charge in [0.05, 0.1) is 40.3 Å². The van der Waals surface area contributed by atoms with E-state index in [2.05, 4.69) is 0 Å². The summed E-state index contributed by atoms with van der Waals surface area (Å²) in [5, 5.41) is 9.24. The smallest absolute Gasteiger partial charge is 0.262 e. The number of rotatable bonds is 7. The van der Waals surface area contributed by atoms with Crippen LogP contribution in [0.1, 0.15) is 34.1 Å². The van der Waals surface area contributed by atoms with Crippen molar-refractivity contribution in [3.8, 4) is 11.8 Å². The molecule has 0 saturated carbocycles. The molecular weight excluding hydrogens is 429 g/mol. The number of hydrogen-bond donors (Lipinski definition) is 0. The van der Waals surface area contributed by atoms with E-state index in [1.165, 1.54) is 17.0 Å². The zero-order chi connectivity index (χ0) is 21.8. The van der Waals surface area contributed by atoms with E-state index in [1.54, 1.807) is 24.3 Å². The maximum Gasteiger partial charge on any atom is 0.262 e. The van der Waals surface area contributed by atoms with Gasteiger partial charge in [-0.25, -0.2) is 0 Å². The third kappa shape index (κ3) is 4.25. The average molecular weight is 446 g/mol. The first kappa shape index (κ1) is 21.6. The van der Waals surface area contributed by atoms with Crippen LogP contribution >= 0.6 is 23.2 Å². The van der Waals surface area contributed by atoms with Gasteiger partial charge in [0.2, 0.25) is 5.91 Å². The minimum absolute atomic E-state index is 0.0896. The van der Waals surface area contributed by atoms with Gasteiger partial charge in [0.15, 0.2) is 0 Å². The predicted molar refractivity (Wildman–Crippen MR) is 112 cm³/mol. The SMILES string of the molecule is CCOc1ccc(N(CCC#N)C(=O)CN2C(=O)c3cc(Cl)c(Cl)cc3C2=O)cc1. The second-order valence-electron chi connectivity index (χ2n) is 6.39. The molecule has 0 radical (unpaired) electrons. The largest absolute Gasteiger partial charge is 0.494 e. The van der Waals surface area contributed by atoms with Crippen LogP contribution in [0.25, 0.3) is 0 Å². The van der Waals surface area contributed by atoms with Gasteiger partial charge in [-0.2, -0.15) is 5.26 Å².